The van der Waals surface area contributed by atoms with Gasteiger partial charge in [0, 0.05) is 19.3 Å². The van der Waals surface area contributed by atoms with Crippen LogP contribution in [0, 0.1) is 5.92 Å². The topological polar surface area (TPSA) is 155 Å². The Bertz CT molecular complexity index is 1380. The Morgan fingerprint density at radius 1 is 0.745 bits per heavy atom. The zero-order valence-corrected chi connectivity index (χ0v) is 35.6. The van der Waals surface area contributed by atoms with Crippen molar-refractivity contribution >= 4 is 29.6 Å². The Kier molecular flexibility index (Phi) is 20.9. The normalized spacial score (nSPS) is 14.4. The van der Waals surface area contributed by atoms with Gasteiger partial charge in [-0.2, -0.15) is 0 Å². The third-order valence-corrected chi connectivity index (χ3v) is 8.43. The molecule has 11 heteroatoms. The van der Waals surface area contributed by atoms with Crippen LogP contribution >= 0.6 is 0 Å². The smallest absolute Gasteiger partial charge is 0.339 e. The molecule has 0 heterocycles. The van der Waals surface area contributed by atoms with E-state index in [1.165, 1.54) is 25.3 Å². The van der Waals surface area contributed by atoms with Crippen LogP contribution in [0.4, 0.5) is 0 Å². The monoisotopic (exact) mass is 774 g/mol. The lowest BCUT2D eigenvalue weighted by atomic mass is 9.82. The summed E-state index contributed by atoms with van der Waals surface area (Å²) in [5, 5.41) is 14.6. The zero-order chi connectivity index (χ0) is 41.9. The number of rotatable bonds is 24. The van der Waals surface area contributed by atoms with Crippen molar-refractivity contribution in [3.05, 3.63) is 42.0 Å². The minimum atomic E-state index is -2.67. The average molecular weight is 774 g/mol. The van der Waals surface area contributed by atoms with Crippen LogP contribution < -0.4 is 10.1 Å². The number of carbonyl (C=O) groups excluding carboxylic acids is 5. The summed E-state index contributed by atoms with van der Waals surface area (Å²) in [6.45, 7) is 18.0. The fourth-order valence-electron chi connectivity index (χ4n) is 5.88. The van der Waals surface area contributed by atoms with Gasteiger partial charge in [0.25, 0.3) is 0 Å². The second kappa shape index (κ2) is 23.4. The third-order valence-electron chi connectivity index (χ3n) is 8.43. The Morgan fingerprint density at radius 2 is 1.29 bits per heavy atom. The number of hydrogen-bond donors (Lipinski definition) is 2. The molecule has 1 amide bonds. The van der Waals surface area contributed by atoms with Crippen molar-refractivity contribution in [3.63, 3.8) is 0 Å². The largest absolute Gasteiger partial charge is 0.488 e. The molecule has 1 aromatic carbocycles. The molecule has 55 heavy (non-hydrogen) atoms. The number of unbranched alkanes of at least 4 members (excludes halogenated alkanes) is 8. The van der Waals surface area contributed by atoms with Gasteiger partial charge in [-0.1, -0.05) is 69.7 Å². The second-order valence-corrected chi connectivity index (χ2v) is 17.4. The summed E-state index contributed by atoms with van der Waals surface area (Å²) in [7, 11) is 1.05. The number of ether oxygens (including phenoxy) is 4. The van der Waals surface area contributed by atoms with E-state index in [2.05, 4.69) is 12.2 Å². The van der Waals surface area contributed by atoms with Gasteiger partial charge in [-0.25, -0.2) is 9.59 Å². The number of Topliss-reactive ketones (excluding diaryl/α,β-unsaturated/α-hetero) is 1. The number of amides is 1. The van der Waals surface area contributed by atoms with E-state index in [1.807, 2.05) is 20.8 Å². The first-order chi connectivity index (χ1) is 25.5. The van der Waals surface area contributed by atoms with E-state index in [0.29, 0.717) is 36.4 Å². The van der Waals surface area contributed by atoms with Crippen molar-refractivity contribution in [2.45, 2.75) is 188 Å². The average Bonchev–Trinajstić information content (AvgIpc) is 3.05. The number of aliphatic hydroxyl groups is 1. The standard InChI is InChI=1S/C44H71NO10/c1-12-13-14-17-20-23-33(46)24-21-18-15-16-19-22-25-35(44(51,40(50)52-11)31-37(47)54-42(5,6)7)38(48)45-36(39(49)55-43(8,9)10)30-32-26-28-34(29-27-32)53-41(2,3)4/h22,25-29,35-36,51H,12-21,23-24,30-31H2,1-11H3,(H,45,48)/b25-22+/t35-,36+,44+/m1/s1. The second-order valence-electron chi connectivity index (χ2n) is 17.4. The first-order valence-electron chi connectivity index (χ1n) is 20.0. The van der Waals surface area contributed by atoms with Crippen LogP contribution in [0.2, 0.25) is 0 Å². The van der Waals surface area contributed by atoms with Gasteiger partial charge in [0.05, 0.1) is 19.4 Å². The highest BCUT2D eigenvalue weighted by Crippen LogP contribution is 2.29. The molecule has 0 spiro atoms. The van der Waals surface area contributed by atoms with Gasteiger partial charge < -0.3 is 29.4 Å². The highest BCUT2D eigenvalue weighted by Gasteiger charge is 2.50. The van der Waals surface area contributed by atoms with E-state index in [9.17, 15) is 29.1 Å². The molecule has 0 aliphatic rings. The molecule has 2 N–H and O–H groups in total. The Balaban J connectivity index is 3.28. The van der Waals surface area contributed by atoms with Gasteiger partial charge in [0.15, 0.2) is 5.60 Å². The van der Waals surface area contributed by atoms with E-state index < -0.39 is 64.6 Å². The van der Waals surface area contributed by atoms with Crippen molar-refractivity contribution in [2.24, 2.45) is 5.92 Å². The number of benzene rings is 1. The van der Waals surface area contributed by atoms with Crippen molar-refractivity contribution in [3.8, 4) is 5.75 Å². The number of allylic oxidation sites excluding steroid dienone is 1. The molecule has 3 atom stereocenters. The molecule has 0 aromatic heterocycles. The minimum Gasteiger partial charge on any atom is -0.488 e. The molecule has 1 aromatic rings. The number of esters is 3. The number of hydrogen-bond acceptors (Lipinski definition) is 10. The lowest BCUT2D eigenvalue weighted by molar-refractivity contribution is -0.180. The molecule has 0 aliphatic heterocycles. The van der Waals surface area contributed by atoms with Crippen LogP contribution in [-0.4, -0.2) is 70.3 Å². The van der Waals surface area contributed by atoms with Gasteiger partial charge >= 0.3 is 17.9 Å². The van der Waals surface area contributed by atoms with E-state index in [1.54, 1.807) is 71.9 Å². The van der Waals surface area contributed by atoms with Crippen LogP contribution in [0.3, 0.4) is 0 Å². The molecule has 0 radical (unpaired) electrons. The van der Waals surface area contributed by atoms with E-state index in [-0.39, 0.29) is 6.42 Å². The van der Waals surface area contributed by atoms with Crippen molar-refractivity contribution in [1.29, 1.82) is 0 Å². The molecule has 0 fully saturated rings. The third kappa shape index (κ3) is 21.2. The number of ketones is 1. The molecule has 1 rings (SSSR count). The lowest BCUT2D eigenvalue weighted by Crippen LogP contribution is -2.56. The summed E-state index contributed by atoms with van der Waals surface area (Å²) in [6.07, 6.45) is 12.7. The molecule has 0 bridgehead atoms. The molecular weight excluding hydrogens is 702 g/mol. The van der Waals surface area contributed by atoms with Gasteiger partial charge in [-0.05, 0) is 106 Å². The summed E-state index contributed by atoms with van der Waals surface area (Å²) in [6, 6.07) is 5.87. The lowest BCUT2D eigenvalue weighted by Gasteiger charge is -2.33. The number of methoxy groups -OCH3 is 1. The van der Waals surface area contributed by atoms with Gasteiger partial charge in [-0.3, -0.25) is 14.4 Å². The fourth-order valence-corrected chi connectivity index (χ4v) is 5.88. The quantitative estimate of drug-likeness (QED) is 0.0454. The van der Waals surface area contributed by atoms with Crippen molar-refractivity contribution < 1.29 is 48.0 Å². The first kappa shape index (κ1) is 49.3. The van der Waals surface area contributed by atoms with Gasteiger partial charge in [0.1, 0.15) is 34.4 Å². The SMILES string of the molecule is CCCCCCCC(=O)CCCCCC/C=C/[C@H](C(=O)N[C@@H](Cc1ccc(OC(C)(C)C)cc1)C(=O)OC(C)(C)C)[C@@](O)(CC(=O)OC(C)(C)C)C(=O)OC. The summed E-state index contributed by atoms with van der Waals surface area (Å²) >= 11 is 0. The van der Waals surface area contributed by atoms with E-state index in [4.69, 9.17) is 18.9 Å². The highest BCUT2D eigenvalue weighted by molar-refractivity contribution is 5.95. The predicted molar refractivity (Wildman–Crippen MR) is 214 cm³/mol. The molecule has 0 unspecified atom stereocenters. The van der Waals surface area contributed by atoms with Crippen LogP contribution in [-0.2, 0) is 44.6 Å². The number of carbonyl (C=O) groups is 5. The Labute approximate surface area is 330 Å². The minimum absolute atomic E-state index is 0.0248. The number of nitrogens with one attached hydrogen (secondary N) is 1. The van der Waals surface area contributed by atoms with Gasteiger partial charge in [0.2, 0.25) is 5.91 Å². The fraction of sp³-hybridized carbons (Fsp3) is 0.705. The molecule has 312 valence electrons. The summed E-state index contributed by atoms with van der Waals surface area (Å²) < 4.78 is 21.9. The first-order valence-corrected chi connectivity index (χ1v) is 20.0. The zero-order valence-electron chi connectivity index (χ0n) is 35.6. The Hall–Kier alpha value is -3.73. The van der Waals surface area contributed by atoms with Crippen molar-refractivity contribution in [1.82, 2.24) is 5.32 Å². The molecule has 0 aliphatic carbocycles. The van der Waals surface area contributed by atoms with Crippen LogP contribution in [0.25, 0.3) is 0 Å². The molecule has 0 saturated heterocycles. The van der Waals surface area contributed by atoms with Crippen LogP contribution in [0.5, 0.6) is 5.75 Å². The molecular formula is C44H71NO10. The maximum Gasteiger partial charge on any atom is 0.339 e. The van der Waals surface area contributed by atoms with E-state index in [0.717, 1.165) is 45.6 Å². The predicted octanol–water partition coefficient (Wildman–Crippen LogP) is 8.31. The van der Waals surface area contributed by atoms with Crippen LogP contribution in [0.15, 0.2) is 36.4 Å². The summed E-state index contributed by atoms with van der Waals surface area (Å²) in [4.78, 5) is 66.3. The maximum absolute atomic E-state index is 14.2. The molecule has 11 nitrogen and oxygen atoms in total. The van der Waals surface area contributed by atoms with E-state index >= 15 is 0 Å². The summed E-state index contributed by atoms with van der Waals surface area (Å²) in [5.74, 6) is -4.44. The van der Waals surface area contributed by atoms with Crippen molar-refractivity contribution in [2.75, 3.05) is 7.11 Å². The van der Waals surface area contributed by atoms with Crippen LogP contribution in [0.1, 0.15) is 158 Å². The Morgan fingerprint density at radius 3 is 1.80 bits per heavy atom. The van der Waals surface area contributed by atoms with Gasteiger partial charge in [-0.15, -0.1) is 0 Å². The summed E-state index contributed by atoms with van der Waals surface area (Å²) in [5.41, 5.74) is -4.21. The maximum atomic E-state index is 14.2. The highest BCUT2D eigenvalue weighted by atomic mass is 16.6. The molecule has 0 saturated carbocycles.